The van der Waals surface area contributed by atoms with Gasteiger partial charge in [-0.25, -0.2) is 0 Å². The van der Waals surface area contributed by atoms with Gasteiger partial charge in [0.2, 0.25) is 0 Å². The van der Waals surface area contributed by atoms with Crippen molar-refractivity contribution >= 4 is 20.3 Å². The van der Waals surface area contributed by atoms with Crippen LogP contribution in [0.3, 0.4) is 0 Å². The van der Waals surface area contributed by atoms with E-state index < -0.39 is 27.4 Å². The standard InChI is InChI=1S/C12H11Ge.C12H10.C9H13.C7H10N.Ti/c1-3-7-11(8-4-1)13-12-9-5-2-6-10-12;1-3-7-11(8-4-1)12-9-5-2-6-10-12;1-6-5-7(2)9(4)8(6)3;8-7-1-4-5(2-7)6(4)3-7;/h1-10,13H;1-10H;6H,1-4H3;4-6,8H,1-3H2;/q;;;-1;+1. The van der Waals surface area contributed by atoms with E-state index in [0.717, 1.165) is 17.8 Å². The number of nitrogens with one attached hydrogen (secondary N) is 1. The molecule has 1 N–H and O–H groups in total. The number of hydrogen-bond donors (Lipinski definition) is 1. The van der Waals surface area contributed by atoms with Crippen LogP contribution < -0.4 is 12.6 Å². The molecule has 0 amide bonds. The fraction of sp³-hybridized carbons (Fsp3) is 0.300. The normalized spacial score (nSPS) is 26.5. The molecule has 217 valence electrons. The molecule has 0 radical (unpaired) electrons. The molecule has 1 unspecified atom stereocenters. The summed E-state index contributed by atoms with van der Waals surface area (Å²) >= 11 is -3.77. The molecule has 4 fully saturated rings. The van der Waals surface area contributed by atoms with Crippen molar-refractivity contribution in [1.82, 2.24) is 3.80 Å². The number of hydrogen-bond acceptors (Lipinski definition) is 1. The van der Waals surface area contributed by atoms with Crippen molar-refractivity contribution in [3.63, 3.8) is 0 Å². The summed E-state index contributed by atoms with van der Waals surface area (Å²) in [5.74, 6) is 3.85. The molecular weight excluding hydrogens is 615 g/mol. The molecule has 3 heteroatoms. The van der Waals surface area contributed by atoms with Crippen molar-refractivity contribution in [1.29, 1.82) is 0 Å². The zero-order chi connectivity index (χ0) is 29.6. The van der Waals surface area contributed by atoms with Gasteiger partial charge in [0, 0.05) is 0 Å². The molecule has 5 aliphatic rings. The number of rotatable bonds is 7. The minimum absolute atomic E-state index is 0.486. The average molecular weight is 659 g/mol. The van der Waals surface area contributed by atoms with E-state index in [4.69, 9.17) is 0 Å². The Morgan fingerprint density at radius 3 is 1.35 bits per heavy atom. The molecule has 4 aromatic carbocycles. The van der Waals surface area contributed by atoms with E-state index >= 15 is 0 Å². The molecule has 0 aromatic heterocycles. The van der Waals surface area contributed by atoms with Crippen molar-refractivity contribution in [2.24, 2.45) is 23.7 Å². The first-order chi connectivity index (χ1) is 21.0. The Morgan fingerprint density at radius 1 is 0.581 bits per heavy atom. The molecular formula is C40H44GeNTi. The third-order valence-corrected chi connectivity index (χ3v) is 34.2. The van der Waals surface area contributed by atoms with Crippen molar-refractivity contribution < 1.29 is 15.9 Å². The second-order valence-electron chi connectivity index (χ2n) is 13.5. The Balaban J connectivity index is 0.000000209. The molecule has 4 aromatic rings. The first-order valence-corrected chi connectivity index (χ1v) is 26.1. The molecule has 4 bridgehead atoms. The minimum Gasteiger partial charge on any atom is -0.0622 e. The fourth-order valence-corrected chi connectivity index (χ4v) is 36.8. The molecule has 43 heavy (non-hydrogen) atoms. The van der Waals surface area contributed by atoms with E-state index in [9.17, 15) is 0 Å². The zero-order valence-electron chi connectivity index (χ0n) is 26.1. The smallest absolute Gasteiger partial charge is 0.0184 e. The van der Waals surface area contributed by atoms with Crippen LogP contribution >= 0.6 is 0 Å². The Hall–Kier alpha value is -2.42. The molecule has 1 atom stereocenters. The predicted molar refractivity (Wildman–Crippen MR) is 182 cm³/mol. The summed E-state index contributed by atoms with van der Waals surface area (Å²) in [7, 11) is 0. The van der Waals surface area contributed by atoms with Gasteiger partial charge in [0.1, 0.15) is 0 Å². The third-order valence-electron chi connectivity index (χ3n) is 11.2. The van der Waals surface area contributed by atoms with E-state index in [1.54, 1.807) is 25.5 Å². The average Bonchev–Trinajstić information content (AvgIpc) is 3.44. The van der Waals surface area contributed by atoms with Crippen LogP contribution in [-0.4, -0.2) is 17.1 Å². The molecule has 0 aliphatic heterocycles. The fourth-order valence-electron chi connectivity index (χ4n) is 8.65. The van der Waals surface area contributed by atoms with Crippen LogP contribution in [-0.2, 0) is 15.9 Å². The van der Waals surface area contributed by atoms with Crippen LogP contribution in [0.25, 0.3) is 11.1 Å². The first-order valence-electron chi connectivity index (χ1n) is 16.2. The van der Waals surface area contributed by atoms with Crippen molar-refractivity contribution in [3.8, 4) is 11.1 Å². The van der Waals surface area contributed by atoms with Gasteiger partial charge in [-0.3, -0.25) is 0 Å². The summed E-state index contributed by atoms with van der Waals surface area (Å²) in [6.45, 7) is 9.71. The van der Waals surface area contributed by atoms with Gasteiger partial charge in [0.05, 0.1) is 0 Å². The maximum Gasteiger partial charge on any atom is -0.0184 e. The molecule has 5 aliphatic carbocycles. The maximum absolute atomic E-state index is 4.65. The van der Waals surface area contributed by atoms with Crippen molar-refractivity contribution in [2.45, 2.75) is 52.5 Å². The summed E-state index contributed by atoms with van der Waals surface area (Å²) in [4.78, 5) is 0. The largest absolute Gasteiger partial charge is 0.0622 e. The monoisotopic (exact) mass is 660 g/mol. The summed E-state index contributed by atoms with van der Waals surface area (Å²) in [5, 5.41) is 0. The Kier molecular flexibility index (Phi) is 8.29. The summed E-state index contributed by atoms with van der Waals surface area (Å²) in [6, 6.07) is 44.1. The van der Waals surface area contributed by atoms with Gasteiger partial charge in [0.25, 0.3) is 0 Å². The Morgan fingerprint density at radius 2 is 0.977 bits per heavy atom. The molecule has 0 saturated heterocycles. The van der Waals surface area contributed by atoms with E-state index in [1.807, 2.05) is 16.0 Å². The Bertz CT molecular complexity index is 1520. The predicted octanol–water partition coefficient (Wildman–Crippen LogP) is 8.06. The number of allylic oxidation sites excluding steroid dienone is 4. The van der Waals surface area contributed by atoms with Crippen LogP contribution in [0.1, 0.15) is 47.0 Å². The second kappa shape index (κ2) is 12.2. The maximum atomic E-state index is 4.65. The van der Waals surface area contributed by atoms with Crippen molar-refractivity contribution in [3.05, 3.63) is 142 Å². The van der Waals surface area contributed by atoms with Gasteiger partial charge in [-0.1, -0.05) is 60.7 Å². The van der Waals surface area contributed by atoms with Gasteiger partial charge in [-0.05, 0) is 11.1 Å². The van der Waals surface area contributed by atoms with Crippen LogP contribution in [0.5, 0.6) is 0 Å². The third kappa shape index (κ3) is 5.64. The first kappa shape index (κ1) is 29.3. The van der Waals surface area contributed by atoms with Crippen LogP contribution in [0.15, 0.2) is 142 Å². The zero-order valence-corrected chi connectivity index (χ0v) is 30.0. The van der Waals surface area contributed by atoms with Crippen LogP contribution in [0, 0.1) is 23.7 Å². The van der Waals surface area contributed by atoms with Gasteiger partial charge in [-0.2, -0.15) is 0 Å². The topological polar surface area (TPSA) is 12.0 Å². The van der Waals surface area contributed by atoms with E-state index in [2.05, 4.69) is 141 Å². The molecule has 4 saturated carbocycles. The van der Waals surface area contributed by atoms with Gasteiger partial charge < -0.3 is 0 Å². The quantitative estimate of drug-likeness (QED) is 0.198. The van der Waals surface area contributed by atoms with Crippen LogP contribution in [0.2, 0.25) is 0 Å². The second-order valence-corrected chi connectivity index (χ2v) is 30.3. The van der Waals surface area contributed by atoms with Gasteiger partial charge in [0.15, 0.2) is 0 Å². The molecule has 9 rings (SSSR count). The number of benzene rings is 4. The van der Waals surface area contributed by atoms with E-state index in [1.165, 1.54) is 30.4 Å². The summed E-state index contributed by atoms with van der Waals surface area (Å²) < 4.78 is 9.91. The molecule has 0 spiro atoms. The molecule has 1 nitrogen and oxygen atoms in total. The minimum atomic E-state index is -2.02. The van der Waals surface area contributed by atoms with Gasteiger partial charge in [-0.15, -0.1) is 0 Å². The van der Waals surface area contributed by atoms with E-state index in [-0.39, 0.29) is 0 Å². The van der Waals surface area contributed by atoms with Crippen LogP contribution in [0.4, 0.5) is 0 Å². The van der Waals surface area contributed by atoms with Crippen molar-refractivity contribution in [2.75, 3.05) is 0 Å². The summed E-state index contributed by atoms with van der Waals surface area (Å²) in [5.41, 5.74) is 7.89. The van der Waals surface area contributed by atoms with Gasteiger partial charge >= 0.3 is 197 Å². The molecule has 0 heterocycles. The SMILES string of the molecule is CC1=C(C)C(C)[C]([Ti]([NH]C23CC4C(C2)C4C3)[GeH]([c]2ccccc2)[c]2ccccc2)=C1C.c1ccc(-c2ccccc2)cc1. The Labute approximate surface area is 267 Å². The van der Waals surface area contributed by atoms with E-state index in [0.29, 0.717) is 11.5 Å². The summed E-state index contributed by atoms with van der Waals surface area (Å²) in [6.07, 6.45) is 4.43.